The molecule has 0 saturated heterocycles. The molecular formula is C18H12NO. The van der Waals surface area contributed by atoms with Gasteiger partial charge in [0, 0.05) is 5.69 Å². The van der Waals surface area contributed by atoms with E-state index < -0.39 is 0 Å². The van der Waals surface area contributed by atoms with Crippen LogP contribution in [0.15, 0.2) is 72.8 Å². The van der Waals surface area contributed by atoms with Crippen LogP contribution in [0.2, 0.25) is 0 Å². The second-order valence-electron chi connectivity index (χ2n) is 4.63. The van der Waals surface area contributed by atoms with Crippen molar-refractivity contribution < 1.29 is 4.74 Å². The summed E-state index contributed by atoms with van der Waals surface area (Å²) in [5, 5.41) is 0. The molecule has 0 N–H and O–H groups in total. The molecule has 0 unspecified atom stereocenters. The summed E-state index contributed by atoms with van der Waals surface area (Å²) in [6.45, 7) is 0. The van der Waals surface area contributed by atoms with Crippen molar-refractivity contribution in [2.45, 2.75) is 0 Å². The van der Waals surface area contributed by atoms with Gasteiger partial charge in [-0.25, -0.2) is 0 Å². The zero-order chi connectivity index (χ0) is 13.4. The van der Waals surface area contributed by atoms with E-state index in [9.17, 15) is 0 Å². The van der Waals surface area contributed by atoms with Gasteiger partial charge in [-0.1, -0.05) is 36.4 Å². The van der Waals surface area contributed by atoms with E-state index in [-0.39, 0.29) is 0 Å². The van der Waals surface area contributed by atoms with E-state index in [1.807, 2.05) is 54.6 Å². The molecule has 1 heterocycles. The number of para-hydroxylation sites is 3. The molecule has 2 heteroatoms. The van der Waals surface area contributed by atoms with Crippen LogP contribution in [0.25, 0.3) is 0 Å². The minimum Gasteiger partial charge on any atom is -0.453 e. The molecule has 95 valence electrons. The fourth-order valence-electron chi connectivity index (χ4n) is 2.50. The first-order valence-corrected chi connectivity index (χ1v) is 6.56. The smallest absolute Gasteiger partial charge is 0.151 e. The lowest BCUT2D eigenvalue weighted by molar-refractivity contribution is 0.477. The van der Waals surface area contributed by atoms with Crippen molar-refractivity contribution in [3.05, 3.63) is 78.9 Å². The third-order valence-corrected chi connectivity index (χ3v) is 3.38. The minimum atomic E-state index is 0.853. The average Bonchev–Trinajstić information content (AvgIpc) is 2.53. The molecule has 0 fully saturated rings. The van der Waals surface area contributed by atoms with Crippen LogP contribution in [-0.2, 0) is 0 Å². The van der Waals surface area contributed by atoms with Gasteiger partial charge in [-0.15, -0.1) is 0 Å². The second kappa shape index (κ2) is 4.42. The molecule has 1 aliphatic rings. The zero-order valence-electron chi connectivity index (χ0n) is 10.8. The highest BCUT2D eigenvalue weighted by Gasteiger charge is 2.24. The summed E-state index contributed by atoms with van der Waals surface area (Å²) < 4.78 is 5.97. The first-order chi connectivity index (χ1) is 9.93. The van der Waals surface area contributed by atoms with Gasteiger partial charge in [0.2, 0.25) is 0 Å². The molecule has 0 atom stereocenters. The second-order valence-corrected chi connectivity index (χ2v) is 4.63. The lowest BCUT2D eigenvalue weighted by Crippen LogP contribution is -2.15. The van der Waals surface area contributed by atoms with E-state index in [0.29, 0.717) is 0 Å². The van der Waals surface area contributed by atoms with Crippen molar-refractivity contribution in [1.29, 1.82) is 0 Å². The van der Waals surface area contributed by atoms with Crippen molar-refractivity contribution in [3.63, 3.8) is 0 Å². The van der Waals surface area contributed by atoms with E-state index in [4.69, 9.17) is 4.74 Å². The molecule has 0 bridgehead atoms. The Hall–Kier alpha value is -2.74. The van der Waals surface area contributed by atoms with E-state index in [1.54, 1.807) is 0 Å². The van der Waals surface area contributed by atoms with E-state index in [0.717, 1.165) is 28.6 Å². The highest BCUT2D eigenvalue weighted by molar-refractivity contribution is 5.85. The van der Waals surface area contributed by atoms with Gasteiger partial charge >= 0.3 is 0 Å². The zero-order valence-corrected chi connectivity index (χ0v) is 10.8. The van der Waals surface area contributed by atoms with Crippen LogP contribution in [0.1, 0.15) is 0 Å². The minimum absolute atomic E-state index is 0.853. The Labute approximate surface area is 117 Å². The summed E-state index contributed by atoms with van der Waals surface area (Å²) in [5.74, 6) is 1.72. The number of ether oxygens (including phenoxy) is 1. The Morgan fingerprint density at radius 1 is 0.750 bits per heavy atom. The Morgan fingerprint density at radius 3 is 2.40 bits per heavy atom. The van der Waals surface area contributed by atoms with E-state index in [2.05, 4.69) is 29.2 Å². The largest absolute Gasteiger partial charge is 0.453 e. The summed E-state index contributed by atoms with van der Waals surface area (Å²) in [6.07, 6.45) is 0. The van der Waals surface area contributed by atoms with Crippen molar-refractivity contribution >= 4 is 17.1 Å². The first kappa shape index (κ1) is 11.1. The van der Waals surface area contributed by atoms with Crippen LogP contribution in [-0.4, -0.2) is 0 Å². The number of hydrogen-bond acceptors (Lipinski definition) is 2. The Kier molecular flexibility index (Phi) is 2.46. The number of anilines is 3. The maximum Gasteiger partial charge on any atom is 0.151 e. The van der Waals surface area contributed by atoms with Gasteiger partial charge in [0.05, 0.1) is 11.4 Å². The fraction of sp³-hybridized carbons (Fsp3) is 0. The van der Waals surface area contributed by atoms with Gasteiger partial charge in [0.1, 0.15) is 0 Å². The lowest BCUT2D eigenvalue weighted by atomic mass is 10.1. The molecule has 2 nitrogen and oxygen atoms in total. The molecule has 1 radical (unpaired) electrons. The van der Waals surface area contributed by atoms with Crippen LogP contribution in [0.5, 0.6) is 11.5 Å². The van der Waals surface area contributed by atoms with Gasteiger partial charge < -0.3 is 9.64 Å². The number of nitrogens with zero attached hydrogens (tertiary/aromatic N) is 1. The van der Waals surface area contributed by atoms with Gasteiger partial charge in [-0.05, 0) is 42.5 Å². The fourth-order valence-corrected chi connectivity index (χ4v) is 2.50. The average molecular weight is 258 g/mol. The number of benzene rings is 3. The molecule has 0 aliphatic carbocycles. The summed E-state index contributed by atoms with van der Waals surface area (Å²) >= 11 is 0. The lowest BCUT2D eigenvalue weighted by Gasteiger charge is -2.32. The van der Waals surface area contributed by atoms with Gasteiger partial charge in [-0.3, -0.25) is 0 Å². The molecule has 3 aromatic carbocycles. The molecule has 1 aliphatic heterocycles. The van der Waals surface area contributed by atoms with Crippen molar-refractivity contribution in [3.8, 4) is 11.5 Å². The summed E-state index contributed by atoms with van der Waals surface area (Å²) in [5.41, 5.74) is 3.17. The molecule has 0 saturated carbocycles. The predicted octanol–water partition coefficient (Wildman–Crippen LogP) is 5.06. The third kappa shape index (κ3) is 1.66. The monoisotopic (exact) mass is 258 g/mol. The molecule has 4 rings (SSSR count). The van der Waals surface area contributed by atoms with Crippen molar-refractivity contribution in [2.24, 2.45) is 0 Å². The maximum absolute atomic E-state index is 5.97. The summed E-state index contributed by atoms with van der Waals surface area (Å²) in [4.78, 5) is 2.20. The van der Waals surface area contributed by atoms with Gasteiger partial charge in [-0.2, -0.15) is 0 Å². The molecule has 0 aromatic heterocycles. The highest BCUT2D eigenvalue weighted by atomic mass is 16.5. The number of hydrogen-bond donors (Lipinski definition) is 0. The molecule has 3 aromatic rings. The maximum atomic E-state index is 5.97. The Morgan fingerprint density at radius 2 is 1.50 bits per heavy atom. The third-order valence-electron chi connectivity index (χ3n) is 3.38. The van der Waals surface area contributed by atoms with Crippen molar-refractivity contribution in [1.82, 2.24) is 0 Å². The SMILES string of the molecule is [c]1ccc2c(c1)N(c1ccccc1)c1ccccc1O2. The van der Waals surface area contributed by atoms with Gasteiger partial charge in [0.15, 0.2) is 11.5 Å². The van der Waals surface area contributed by atoms with Gasteiger partial charge in [0.25, 0.3) is 0 Å². The molecular weight excluding hydrogens is 246 g/mol. The van der Waals surface area contributed by atoms with Crippen LogP contribution < -0.4 is 9.64 Å². The van der Waals surface area contributed by atoms with E-state index >= 15 is 0 Å². The van der Waals surface area contributed by atoms with Crippen molar-refractivity contribution in [2.75, 3.05) is 4.90 Å². The molecule has 0 spiro atoms. The quantitative estimate of drug-likeness (QED) is 0.473. The summed E-state index contributed by atoms with van der Waals surface area (Å²) in [6, 6.07) is 27.3. The van der Waals surface area contributed by atoms with E-state index in [1.165, 1.54) is 0 Å². The predicted molar refractivity (Wildman–Crippen MR) is 80.0 cm³/mol. The highest BCUT2D eigenvalue weighted by Crippen LogP contribution is 2.49. The number of rotatable bonds is 1. The Balaban J connectivity index is 1.98. The van der Waals surface area contributed by atoms with Crippen LogP contribution in [0, 0.1) is 6.07 Å². The molecule has 20 heavy (non-hydrogen) atoms. The summed E-state index contributed by atoms with van der Waals surface area (Å²) in [7, 11) is 0. The standard InChI is InChI=1S/C18H12NO/c1-2-8-14(9-3-1)19-15-10-4-6-12-17(15)20-18-13-7-5-11-16(18)19/h1-4,6-13H. The normalized spacial score (nSPS) is 12.3. The van der Waals surface area contributed by atoms with Crippen LogP contribution in [0.3, 0.4) is 0 Å². The van der Waals surface area contributed by atoms with Crippen LogP contribution >= 0.6 is 0 Å². The number of fused-ring (bicyclic) bond motifs is 2. The van der Waals surface area contributed by atoms with Crippen LogP contribution in [0.4, 0.5) is 17.1 Å². The Bertz CT molecular complexity index is 707. The topological polar surface area (TPSA) is 12.5 Å². The first-order valence-electron chi connectivity index (χ1n) is 6.56. The molecule has 0 amide bonds.